The van der Waals surface area contributed by atoms with Gasteiger partial charge >= 0.3 is 0 Å². The van der Waals surface area contributed by atoms with Crippen molar-refractivity contribution in [2.45, 2.75) is 56.5 Å². The highest BCUT2D eigenvalue weighted by molar-refractivity contribution is 5.01. The number of fused-ring (bicyclic) bond motifs is 3. The van der Waals surface area contributed by atoms with E-state index >= 15 is 0 Å². The zero-order valence-electron chi connectivity index (χ0n) is 12.2. The lowest BCUT2D eigenvalue weighted by molar-refractivity contribution is -0.00160. The van der Waals surface area contributed by atoms with Crippen LogP contribution in [-0.4, -0.2) is 60.6 Å². The number of piperidine rings is 3. The van der Waals surface area contributed by atoms with Crippen molar-refractivity contribution in [2.24, 2.45) is 5.92 Å². The van der Waals surface area contributed by atoms with Crippen LogP contribution in [0.2, 0.25) is 0 Å². The van der Waals surface area contributed by atoms with E-state index in [1.165, 1.54) is 84.2 Å². The maximum Gasteiger partial charge on any atom is 0.0308 e. The summed E-state index contributed by atoms with van der Waals surface area (Å²) in [5, 5.41) is 3.91. The topological polar surface area (TPSA) is 18.5 Å². The molecule has 5 rings (SSSR count). The molecule has 1 saturated carbocycles. The van der Waals surface area contributed by atoms with E-state index in [9.17, 15) is 0 Å². The minimum Gasteiger partial charge on any atom is -0.310 e. The molecule has 5 fully saturated rings. The molecule has 0 radical (unpaired) electrons. The number of rotatable bonds is 1. The second-order valence-corrected chi connectivity index (χ2v) is 7.44. The Morgan fingerprint density at radius 2 is 1.74 bits per heavy atom. The second-order valence-electron chi connectivity index (χ2n) is 7.44. The maximum absolute atomic E-state index is 3.91. The molecule has 3 heteroatoms. The lowest BCUT2D eigenvalue weighted by Gasteiger charge is -2.50. The van der Waals surface area contributed by atoms with E-state index < -0.39 is 0 Å². The van der Waals surface area contributed by atoms with Crippen LogP contribution in [0.15, 0.2) is 0 Å². The lowest BCUT2D eigenvalue weighted by atomic mass is 9.82. The van der Waals surface area contributed by atoms with Gasteiger partial charge in [-0.1, -0.05) is 12.8 Å². The van der Waals surface area contributed by atoms with Crippen LogP contribution in [0.25, 0.3) is 0 Å². The summed E-state index contributed by atoms with van der Waals surface area (Å²) >= 11 is 0. The molecule has 2 bridgehead atoms. The Labute approximate surface area is 117 Å². The van der Waals surface area contributed by atoms with E-state index in [1.807, 2.05) is 0 Å². The Morgan fingerprint density at radius 1 is 0.947 bits per heavy atom. The molecular weight excluding hydrogens is 234 g/mol. The standard InChI is InChI=1S/C16H29N3/c1-2-7-16(6-1)13-19(9-3-8-17-16)15-12-18-10-4-14(15)5-11-18/h14-15,17H,1-13H2. The summed E-state index contributed by atoms with van der Waals surface area (Å²) in [4.78, 5) is 5.60. The molecule has 19 heavy (non-hydrogen) atoms. The van der Waals surface area contributed by atoms with E-state index in [4.69, 9.17) is 0 Å². The molecule has 1 N–H and O–H groups in total. The van der Waals surface area contributed by atoms with Crippen LogP contribution in [0, 0.1) is 5.92 Å². The van der Waals surface area contributed by atoms with Crippen LogP contribution >= 0.6 is 0 Å². The molecule has 3 nitrogen and oxygen atoms in total. The van der Waals surface area contributed by atoms with Crippen LogP contribution in [0.5, 0.6) is 0 Å². The molecule has 1 aliphatic carbocycles. The van der Waals surface area contributed by atoms with Gasteiger partial charge in [-0.25, -0.2) is 0 Å². The van der Waals surface area contributed by atoms with Crippen LogP contribution in [0.4, 0.5) is 0 Å². The minimum atomic E-state index is 0.489. The third-order valence-corrected chi connectivity index (χ3v) is 6.28. The summed E-state index contributed by atoms with van der Waals surface area (Å²) in [6, 6.07) is 0.875. The minimum absolute atomic E-state index is 0.489. The maximum atomic E-state index is 3.91. The van der Waals surface area contributed by atoms with Gasteiger partial charge in [-0.3, -0.25) is 4.90 Å². The zero-order valence-corrected chi connectivity index (χ0v) is 12.2. The Bertz CT molecular complexity index is 316. The van der Waals surface area contributed by atoms with Crippen molar-refractivity contribution in [2.75, 3.05) is 39.3 Å². The van der Waals surface area contributed by atoms with Gasteiger partial charge in [0.2, 0.25) is 0 Å². The van der Waals surface area contributed by atoms with Crippen molar-refractivity contribution in [3.8, 4) is 0 Å². The van der Waals surface area contributed by atoms with E-state index in [1.54, 1.807) is 0 Å². The largest absolute Gasteiger partial charge is 0.310 e. The van der Waals surface area contributed by atoms with Gasteiger partial charge in [0.1, 0.15) is 0 Å². The normalized spacial score (nSPS) is 42.6. The van der Waals surface area contributed by atoms with E-state index in [0.717, 1.165) is 12.0 Å². The van der Waals surface area contributed by atoms with E-state index in [2.05, 4.69) is 15.1 Å². The number of hydrogen-bond acceptors (Lipinski definition) is 3. The molecule has 0 aromatic rings. The van der Waals surface area contributed by atoms with Crippen molar-refractivity contribution < 1.29 is 0 Å². The molecular formula is C16H29N3. The monoisotopic (exact) mass is 263 g/mol. The zero-order chi connectivity index (χ0) is 12.7. The van der Waals surface area contributed by atoms with E-state index in [-0.39, 0.29) is 0 Å². The smallest absolute Gasteiger partial charge is 0.0308 e. The van der Waals surface area contributed by atoms with Crippen molar-refractivity contribution in [1.29, 1.82) is 0 Å². The van der Waals surface area contributed by atoms with Crippen LogP contribution in [0.1, 0.15) is 44.9 Å². The third kappa shape index (κ3) is 2.34. The molecule has 0 aromatic carbocycles. The fourth-order valence-electron chi connectivity index (χ4n) is 5.18. The van der Waals surface area contributed by atoms with Crippen molar-refractivity contribution in [1.82, 2.24) is 15.1 Å². The number of nitrogens with zero attached hydrogens (tertiary/aromatic N) is 2. The summed E-state index contributed by atoms with van der Waals surface area (Å²) in [6.07, 6.45) is 10.0. The molecule has 4 aliphatic heterocycles. The molecule has 1 atom stereocenters. The van der Waals surface area contributed by atoms with Crippen LogP contribution in [-0.2, 0) is 0 Å². The molecule has 0 amide bonds. The van der Waals surface area contributed by atoms with Gasteiger partial charge < -0.3 is 10.2 Å². The Morgan fingerprint density at radius 3 is 2.42 bits per heavy atom. The fraction of sp³-hybridized carbons (Fsp3) is 1.00. The Balaban J connectivity index is 1.50. The Hall–Kier alpha value is -0.120. The summed E-state index contributed by atoms with van der Waals surface area (Å²) in [7, 11) is 0. The second kappa shape index (κ2) is 5.01. The highest BCUT2D eigenvalue weighted by Crippen LogP contribution is 2.36. The van der Waals surface area contributed by atoms with Gasteiger partial charge in [-0.2, -0.15) is 0 Å². The van der Waals surface area contributed by atoms with Gasteiger partial charge in [0.15, 0.2) is 0 Å². The highest BCUT2D eigenvalue weighted by Gasteiger charge is 2.42. The van der Waals surface area contributed by atoms with Gasteiger partial charge in [0.05, 0.1) is 0 Å². The molecule has 108 valence electrons. The predicted molar refractivity (Wildman–Crippen MR) is 78.3 cm³/mol. The first-order valence-electron chi connectivity index (χ1n) is 8.56. The van der Waals surface area contributed by atoms with Crippen LogP contribution < -0.4 is 5.32 Å². The van der Waals surface area contributed by atoms with Crippen molar-refractivity contribution in [3.05, 3.63) is 0 Å². The van der Waals surface area contributed by atoms with Gasteiger partial charge in [-0.15, -0.1) is 0 Å². The first kappa shape index (κ1) is 12.6. The molecule has 4 heterocycles. The quantitative estimate of drug-likeness (QED) is 0.777. The first-order chi connectivity index (χ1) is 9.35. The molecule has 4 saturated heterocycles. The molecule has 1 spiro atoms. The average Bonchev–Trinajstić information content (AvgIpc) is 2.81. The summed E-state index contributed by atoms with van der Waals surface area (Å²) in [6.45, 7) is 8.03. The predicted octanol–water partition coefficient (Wildman–Crippen LogP) is 1.69. The third-order valence-electron chi connectivity index (χ3n) is 6.28. The van der Waals surface area contributed by atoms with Gasteiger partial charge in [0.25, 0.3) is 0 Å². The summed E-state index contributed by atoms with van der Waals surface area (Å²) in [5.41, 5.74) is 0.489. The van der Waals surface area contributed by atoms with Crippen LogP contribution in [0.3, 0.4) is 0 Å². The SMILES string of the molecule is C1CNC2(CCCC2)CN(C2CN3CCC2CC3)C1. The molecule has 1 unspecified atom stereocenters. The number of hydrogen-bond donors (Lipinski definition) is 1. The van der Waals surface area contributed by atoms with Gasteiger partial charge in [0, 0.05) is 24.7 Å². The highest BCUT2D eigenvalue weighted by atomic mass is 15.3. The lowest BCUT2D eigenvalue weighted by Crippen LogP contribution is -2.60. The summed E-state index contributed by atoms with van der Waals surface area (Å²) < 4.78 is 0. The number of nitrogens with one attached hydrogen (secondary N) is 1. The van der Waals surface area contributed by atoms with Gasteiger partial charge in [-0.05, 0) is 64.2 Å². The first-order valence-corrected chi connectivity index (χ1v) is 8.56. The molecule has 0 aromatic heterocycles. The van der Waals surface area contributed by atoms with E-state index in [0.29, 0.717) is 5.54 Å². The van der Waals surface area contributed by atoms with Crippen molar-refractivity contribution >= 4 is 0 Å². The molecule has 5 aliphatic rings. The average molecular weight is 263 g/mol. The summed E-state index contributed by atoms with van der Waals surface area (Å²) in [5.74, 6) is 1.00. The van der Waals surface area contributed by atoms with Crippen molar-refractivity contribution in [3.63, 3.8) is 0 Å². The Kier molecular flexibility index (Phi) is 3.33. The fourth-order valence-corrected chi connectivity index (χ4v) is 5.18.